The molecule has 3 aromatic heterocycles. The molecule has 10 rings (SSSR count). The van der Waals surface area contributed by atoms with Gasteiger partial charge >= 0.3 is 0 Å². The third-order valence-corrected chi connectivity index (χ3v) is 9.18. The molecule has 0 spiro atoms. The zero-order valence-corrected chi connectivity index (χ0v) is 25.6. The SMILES string of the molecule is c1ccc(C2=NC(c3cccc4oc5ccccc5c34)NC(c3cccc4oc5cc(-c6ccc7ccccc7c6)cnc5c34)=N2)cc1. The lowest BCUT2D eigenvalue weighted by atomic mass is 10.0. The summed E-state index contributed by atoms with van der Waals surface area (Å²) < 4.78 is 12.7. The van der Waals surface area contributed by atoms with Crippen LogP contribution in [0.15, 0.2) is 165 Å². The Hall–Kier alpha value is -6.53. The molecule has 1 N–H and O–H groups in total. The van der Waals surface area contributed by atoms with Gasteiger partial charge in [-0.2, -0.15) is 0 Å². The highest BCUT2D eigenvalue weighted by molar-refractivity contribution is 6.21. The van der Waals surface area contributed by atoms with Gasteiger partial charge in [0.05, 0.1) is 5.39 Å². The maximum absolute atomic E-state index is 6.46. The Balaban J connectivity index is 1.13. The van der Waals surface area contributed by atoms with Crippen LogP contribution in [-0.4, -0.2) is 16.7 Å². The number of hydrogen-bond acceptors (Lipinski definition) is 6. The molecule has 0 bridgehead atoms. The summed E-state index contributed by atoms with van der Waals surface area (Å²) in [5.74, 6) is 1.35. The van der Waals surface area contributed by atoms with Crippen molar-refractivity contribution >= 4 is 66.5 Å². The van der Waals surface area contributed by atoms with Gasteiger partial charge in [0.25, 0.3) is 0 Å². The van der Waals surface area contributed by atoms with Crippen LogP contribution in [-0.2, 0) is 0 Å². The predicted molar refractivity (Wildman–Crippen MR) is 194 cm³/mol. The number of pyridine rings is 1. The number of aromatic nitrogens is 1. The summed E-state index contributed by atoms with van der Waals surface area (Å²) in [5.41, 5.74) is 8.88. The van der Waals surface area contributed by atoms with Gasteiger partial charge in [-0.3, -0.25) is 4.98 Å². The fourth-order valence-corrected chi connectivity index (χ4v) is 6.91. The van der Waals surface area contributed by atoms with E-state index in [1.165, 1.54) is 10.8 Å². The third kappa shape index (κ3) is 4.23. The van der Waals surface area contributed by atoms with Crippen LogP contribution in [0.25, 0.3) is 65.9 Å². The number of fused-ring (bicyclic) bond motifs is 7. The average Bonchev–Trinajstić information content (AvgIpc) is 3.73. The minimum absolute atomic E-state index is 0.418. The van der Waals surface area contributed by atoms with Crippen molar-refractivity contribution in [1.82, 2.24) is 10.3 Å². The minimum Gasteiger partial charge on any atom is -0.456 e. The fourth-order valence-electron chi connectivity index (χ4n) is 6.91. The predicted octanol–water partition coefficient (Wildman–Crippen LogP) is 10.2. The summed E-state index contributed by atoms with van der Waals surface area (Å²) in [6.07, 6.45) is 1.51. The summed E-state index contributed by atoms with van der Waals surface area (Å²) >= 11 is 0. The molecule has 48 heavy (non-hydrogen) atoms. The van der Waals surface area contributed by atoms with Gasteiger partial charge in [0, 0.05) is 39.2 Å². The maximum atomic E-state index is 6.46. The second kappa shape index (κ2) is 10.5. The van der Waals surface area contributed by atoms with E-state index in [0.29, 0.717) is 11.7 Å². The number of nitrogens with zero attached hydrogens (tertiary/aromatic N) is 3. The lowest BCUT2D eigenvalue weighted by Gasteiger charge is -2.24. The second-order valence-electron chi connectivity index (χ2n) is 12.1. The van der Waals surface area contributed by atoms with E-state index in [1.807, 2.05) is 79.0 Å². The quantitative estimate of drug-likeness (QED) is 0.213. The zero-order chi connectivity index (χ0) is 31.6. The molecule has 0 saturated heterocycles. The van der Waals surface area contributed by atoms with E-state index in [9.17, 15) is 0 Å². The molecule has 0 amide bonds. The van der Waals surface area contributed by atoms with Gasteiger partial charge in [-0.25, -0.2) is 9.98 Å². The Labute approximate surface area is 274 Å². The van der Waals surface area contributed by atoms with Crippen LogP contribution in [0, 0.1) is 0 Å². The molecule has 0 saturated carbocycles. The summed E-state index contributed by atoms with van der Waals surface area (Å²) in [4.78, 5) is 15.3. The number of furan rings is 2. The highest BCUT2D eigenvalue weighted by Gasteiger charge is 2.26. The number of nitrogens with one attached hydrogen (secondary N) is 1. The Bertz CT molecular complexity index is 2770. The second-order valence-corrected chi connectivity index (χ2v) is 12.1. The van der Waals surface area contributed by atoms with Crippen molar-refractivity contribution in [2.45, 2.75) is 6.17 Å². The molecular formula is C42H26N4O2. The molecule has 0 fully saturated rings. The molecule has 0 aliphatic carbocycles. The standard InChI is InChI=1S/C42H26N4O2/c1-2-11-26(12-3-1)40-44-41(31-15-8-18-34-37(31)30-14-6-7-17-33(30)47-34)46-42(45-40)32-16-9-19-35-38(32)39-36(48-35)23-29(24-43-39)28-21-20-25-10-4-5-13-27(25)22-28/h1-24,41H,(H,44,45,46). The fraction of sp³-hybridized carbons (Fsp3) is 0.0238. The van der Waals surface area contributed by atoms with Crippen molar-refractivity contribution in [3.05, 3.63) is 162 Å². The molecule has 1 aliphatic rings. The van der Waals surface area contributed by atoms with Crippen molar-refractivity contribution in [2.24, 2.45) is 9.98 Å². The molecule has 9 aromatic rings. The lowest BCUT2D eigenvalue weighted by Crippen LogP contribution is -2.33. The van der Waals surface area contributed by atoms with Crippen molar-refractivity contribution in [2.75, 3.05) is 0 Å². The Kier molecular flexibility index (Phi) is 5.84. The van der Waals surface area contributed by atoms with Crippen molar-refractivity contribution in [3.63, 3.8) is 0 Å². The normalized spacial score (nSPS) is 14.9. The Morgan fingerprint density at radius 3 is 2.21 bits per heavy atom. The van der Waals surface area contributed by atoms with Gasteiger partial charge in [-0.05, 0) is 46.7 Å². The highest BCUT2D eigenvalue weighted by atomic mass is 16.3. The molecule has 6 aromatic carbocycles. The number of rotatable bonds is 4. The van der Waals surface area contributed by atoms with E-state index in [-0.39, 0.29) is 0 Å². The van der Waals surface area contributed by atoms with Crippen molar-refractivity contribution in [3.8, 4) is 11.1 Å². The van der Waals surface area contributed by atoms with E-state index in [0.717, 1.165) is 71.8 Å². The van der Waals surface area contributed by atoms with Crippen LogP contribution in [0.2, 0.25) is 0 Å². The van der Waals surface area contributed by atoms with E-state index < -0.39 is 6.17 Å². The number of amidine groups is 2. The van der Waals surface area contributed by atoms with Gasteiger partial charge in [0.2, 0.25) is 0 Å². The summed E-state index contributed by atoms with van der Waals surface area (Å²) in [5, 5.41) is 9.08. The monoisotopic (exact) mass is 618 g/mol. The van der Waals surface area contributed by atoms with Gasteiger partial charge in [0.15, 0.2) is 11.4 Å². The van der Waals surface area contributed by atoms with Crippen molar-refractivity contribution < 1.29 is 8.83 Å². The number of para-hydroxylation sites is 1. The first kappa shape index (κ1) is 26.7. The van der Waals surface area contributed by atoms with Gasteiger partial charge < -0.3 is 14.2 Å². The smallest absolute Gasteiger partial charge is 0.159 e. The van der Waals surface area contributed by atoms with Crippen LogP contribution < -0.4 is 5.32 Å². The van der Waals surface area contributed by atoms with Crippen LogP contribution in [0.5, 0.6) is 0 Å². The topological polar surface area (TPSA) is 75.9 Å². The number of benzene rings is 6. The summed E-state index contributed by atoms with van der Waals surface area (Å²) in [7, 11) is 0. The first-order valence-corrected chi connectivity index (χ1v) is 16.0. The average molecular weight is 619 g/mol. The van der Waals surface area contributed by atoms with Crippen molar-refractivity contribution in [1.29, 1.82) is 0 Å². The molecule has 6 heteroatoms. The number of aliphatic imine (C=N–C) groups is 2. The molecule has 4 heterocycles. The summed E-state index contributed by atoms with van der Waals surface area (Å²) in [6.45, 7) is 0. The molecule has 6 nitrogen and oxygen atoms in total. The maximum Gasteiger partial charge on any atom is 0.159 e. The Morgan fingerprint density at radius 2 is 1.29 bits per heavy atom. The molecule has 1 unspecified atom stereocenters. The molecule has 1 atom stereocenters. The molecule has 226 valence electrons. The van der Waals surface area contributed by atoms with Crippen LogP contribution in [0.1, 0.15) is 22.9 Å². The zero-order valence-electron chi connectivity index (χ0n) is 25.6. The molecular weight excluding hydrogens is 592 g/mol. The van der Waals surface area contributed by atoms with Crippen LogP contribution in [0.3, 0.4) is 0 Å². The Morgan fingerprint density at radius 1 is 0.542 bits per heavy atom. The van der Waals surface area contributed by atoms with Gasteiger partial charge in [0.1, 0.15) is 34.3 Å². The lowest BCUT2D eigenvalue weighted by molar-refractivity contribution is 0.662. The summed E-state index contributed by atoms with van der Waals surface area (Å²) in [6, 6.07) is 47.4. The van der Waals surface area contributed by atoms with Crippen LogP contribution >= 0.6 is 0 Å². The highest BCUT2D eigenvalue weighted by Crippen LogP contribution is 2.37. The first-order chi connectivity index (χ1) is 23.8. The molecule has 1 aliphatic heterocycles. The minimum atomic E-state index is -0.418. The van der Waals surface area contributed by atoms with Gasteiger partial charge in [-0.1, -0.05) is 109 Å². The van der Waals surface area contributed by atoms with Gasteiger partial charge in [-0.15, -0.1) is 0 Å². The van der Waals surface area contributed by atoms with Crippen LogP contribution in [0.4, 0.5) is 0 Å². The van der Waals surface area contributed by atoms with E-state index >= 15 is 0 Å². The van der Waals surface area contributed by atoms with E-state index in [2.05, 4.69) is 72.0 Å². The first-order valence-electron chi connectivity index (χ1n) is 16.0. The van der Waals surface area contributed by atoms with E-state index in [1.54, 1.807) is 0 Å². The van der Waals surface area contributed by atoms with E-state index in [4.69, 9.17) is 23.8 Å². The largest absolute Gasteiger partial charge is 0.456 e. The number of hydrogen-bond donors (Lipinski definition) is 1. The molecule has 0 radical (unpaired) electrons. The third-order valence-electron chi connectivity index (χ3n) is 9.18.